The number of ether oxygens (including phenoxy) is 2. The van der Waals surface area contributed by atoms with Gasteiger partial charge < -0.3 is 19.1 Å². The third-order valence-electron chi connectivity index (χ3n) is 2.28. The lowest BCUT2D eigenvalue weighted by Gasteiger charge is -2.05. The summed E-state index contributed by atoms with van der Waals surface area (Å²) in [7, 11) is 0. The molecule has 2 rings (SSSR count). The summed E-state index contributed by atoms with van der Waals surface area (Å²) >= 11 is 0. The van der Waals surface area contributed by atoms with Gasteiger partial charge in [-0.25, -0.2) is 4.63 Å². The van der Waals surface area contributed by atoms with E-state index in [1.165, 1.54) is 0 Å². The van der Waals surface area contributed by atoms with Gasteiger partial charge in [-0.3, -0.25) is 0 Å². The van der Waals surface area contributed by atoms with Crippen LogP contribution < -0.4 is 9.68 Å². The largest absolute Gasteiger partial charge is 0.479 e. The van der Waals surface area contributed by atoms with Crippen molar-refractivity contribution in [1.82, 2.24) is 20.3 Å². The van der Waals surface area contributed by atoms with E-state index in [1.807, 2.05) is 13.8 Å². The zero-order valence-electron chi connectivity index (χ0n) is 13.1. The van der Waals surface area contributed by atoms with Crippen LogP contribution in [0, 0.1) is 0 Å². The Morgan fingerprint density at radius 2 is 1.30 bits per heavy atom. The molecule has 0 saturated heterocycles. The topological polar surface area (TPSA) is 126 Å². The Labute approximate surface area is 131 Å². The van der Waals surface area contributed by atoms with Gasteiger partial charge in [-0.15, -0.1) is 0 Å². The molecule has 0 atom stereocenters. The molecule has 11 heteroatoms. The molecule has 23 heavy (non-hydrogen) atoms. The Balaban J connectivity index is 2.26. The first-order valence-electron chi connectivity index (χ1n) is 6.83. The van der Waals surface area contributed by atoms with Gasteiger partial charge in [0.25, 0.3) is 0 Å². The van der Waals surface area contributed by atoms with Gasteiger partial charge >= 0.3 is 11.8 Å². The van der Waals surface area contributed by atoms with Crippen LogP contribution in [0.3, 0.4) is 0 Å². The second-order valence-corrected chi connectivity index (χ2v) is 4.01. The van der Waals surface area contributed by atoms with E-state index in [2.05, 4.69) is 35.2 Å². The molecule has 2 aromatic rings. The molecular weight excluding hydrogens is 308 g/mol. The summed E-state index contributed by atoms with van der Waals surface area (Å²) in [4.78, 5) is 18.4. The first-order chi connectivity index (χ1) is 11.1. The Bertz CT molecular complexity index is 655. The molecule has 0 saturated carbocycles. The van der Waals surface area contributed by atoms with Crippen molar-refractivity contribution in [3.05, 3.63) is 0 Å². The molecule has 0 amide bonds. The molecule has 2 heterocycles. The molecule has 11 nitrogen and oxygen atoms in total. The van der Waals surface area contributed by atoms with Crippen molar-refractivity contribution in [1.29, 1.82) is 0 Å². The smallest absolute Gasteiger partial charge is 0.316 e. The van der Waals surface area contributed by atoms with E-state index in [9.17, 15) is 0 Å². The van der Waals surface area contributed by atoms with Crippen molar-refractivity contribution >= 4 is 23.1 Å². The number of hydrogen-bond acceptors (Lipinski definition) is 11. The Hall–Kier alpha value is -2.98. The maximum Gasteiger partial charge on any atom is 0.316 e. The molecule has 0 radical (unpaired) electrons. The van der Waals surface area contributed by atoms with E-state index >= 15 is 0 Å². The number of hydrogen-bond donors (Lipinski definition) is 0. The number of fused-ring (bicyclic) bond motifs is 1. The lowest BCUT2D eigenvalue weighted by molar-refractivity contribution is 0.237. The van der Waals surface area contributed by atoms with Gasteiger partial charge in [0.2, 0.25) is 23.1 Å². The van der Waals surface area contributed by atoms with Crippen molar-refractivity contribution in [3.63, 3.8) is 0 Å². The van der Waals surface area contributed by atoms with Gasteiger partial charge in [0, 0.05) is 13.8 Å². The van der Waals surface area contributed by atoms with Crippen molar-refractivity contribution < 1.29 is 23.8 Å². The van der Waals surface area contributed by atoms with E-state index in [4.69, 9.17) is 19.1 Å². The quantitative estimate of drug-likeness (QED) is 0.441. The number of aromatic nitrogens is 4. The van der Waals surface area contributed by atoms with Gasteiger partial charge in [0.05, 0.1) is 13.2 Å². The summed E-state index contributed by atoms with van der Waals surface area (Å²) in [5, 5.41) is 14.7. The minimum absolute atomic E-state index is 0.0692. The molecular formula is C12H16N6O5. The Morgan fingerprint density at radius 3 is 1.70 bits per heavy atom. The maximum atomic E-state index is 5.17. The molecule has 0 fully saturated rings. The highest BCUT2D eigenvalue weighted by molar-refractivity contribution is 5.73. The summed E-state index contributed by atoms with van der Waals surface area (Å²) in [6, 6.07) is 0. The lowest BCUT2D eigenvalue weighted by atomic mass is 10.6. The molecule has 0 aromatic carbocycles. The average Bonchev–Trinajstić information content (AvgIpc) is 2.98. The van der Waals surface area contributed by atoms with Crippen LogP contribution in [0.4, 0.5) is 0 Å². The third-order valence-corrected chi connectivity index (χ3v) is 2.28. The van der Waals surface area contributed by atoms with Crippen LogP contribution in [0.2, 0.25) is 0 Å². The van der Waals surface area contributed by atoms with Gasteiger partial charge in [0.15, 0.2) is 0 Å². The zero-order valence-corrected chi connectivity index (χ0v) is 13.1. The lowest BCUT2D eigenvalue weighted by Crippen LogP contribution is -2.05. The van der Waals surface area contributed by atoms with E-state index in [-0.39, 0.29) is 23.1 Å². The second-order valence-electron chi connectivity index (χ2n) is 4.01. The van der Waals surface area contributed by atoms with Crippen LogP contribution >= 0.6 is 0 Å². The number of nitrogens with zero attached hydrogens (tertiary/aromatic N) is 6. The second kappa shape index (κ2) is 7.87. The summed E-state index contributed by atoms with van der Waals surface area (Å²) in [5.41, 5.74) is 0.282. The SMILES string of the molecule is CCOC(C)=NOc1nc2nonc2nc1ON=C(C)OCC. The molecule has 0 spiro atoms. The van der Waals surface area contributed by atoms with E-state index in [0.717, 1.165) is 0 Å². The molecule has 0 bridgehead atoms. The number of rotatable bonds is 6. The zero-order chi connectivity index (χ0) is 16.7. The molecule has 2 aromatic heterocycles. The van der Waals surface area contributed by atoms with Gasteiger partial charge in [0.1, 0.15) is 0 Å². The number of oxime groups is 2. The maximum absolute atomic E-state index is 5.17. The van der Waals surface area contributed by atoms with Crippen molar-refractivity contribution in [3.8, 4) is 11.8 Å². The predicted octanol–water partition coefficient (Wildman–Crippen LogP) is 1.51. The fraction of sp³-hybridized carbons (Fsp3) is 0.500. The van der Waals surface area contributed by atoms with Gasteiger partial charge in [-0.05, 0) is 34.5 Å². The molecule has 0 aliphatic rings. The highest BCUT2D eigenvalue weighted by Crippen LogP contribution is 2.24. The van der Waals surface area contributed by atoms with Crippen molar-refractivity contribution in [2.75, 3.05) is 13.2 Å². The Kier molecular flexibility index (Phi) is 5.61. The fourth-order valence-electron chi connectivity index (χ4n) is 1.41. The minimum atomic E-state index is -0.0692. The monoisotopic (exact) mass is 324 g/mol. The van der Waals surface area contributed by atoms with Crippen LogP contribution in [-0.2, 0) is 9.47 Å². The van der Waals surface area contributed by atoms with Crippen molar-refractivity contribution in [2.24, 2.45) is 10.3 Å². The normalized spacial score (nSPS) is 12.3. The van der Waals surface area contributed by atoms with Crippen LogP contribution in [0.15, 0.2) is 14.9 Å². The first-order valence-corrected chi connectivity index (χ1v) is 6.83. The molecule has 124 valence electrons. The van der Waals surface area contributed by atoms with Crippen LogP contribution in [0.5, 0.6) is 11.8 Å². The van der Waals surface area contributed by atoms with Crippen molar-refractivity contribution in [2.45, 2.75) is 27.7 Å². The van der Waals surface area contributed by atoms with E-state index in [0.29, 0.717) is 25.0 Å². The molecule has 0 aliphatic carbocycles. The highest BCUT2D eigenvalue weighted by Gasteiger charge is 2.17. The van der Waals surface area contributed by atoms with Gasteiger partial charge in [-0.2, -0.15) is 9.97 Å². The van der Waals surface area contributed by atoms with Crippen LogP contribution in [0.1, 0.15) is 27.7 Å². The van der Waals surface area contributed by atoms with Gasteiger partial charge in [-0.1, -0.05) is 0 Å². The average molecular weight is 324 g/mol. The highest BCUT2D eigenvalue weighted by atomic mass is 16.7. The first kappa shape index (κ1) is 16.4. The summed E-state index contributed by atoms with van der Waals surface area (Å²) in [6.07, 6.45) is 0. The predicted molar refractivity (Wildman–Crippen MR) is 78.1 cm³/mol. The Morgan fingerprint density at radius 1 is 0.870 bits per heavy atom. The fourth-order valence-corrected chi connectivity index (χ4v) is 1.41. The molecule has 0 aliphatic heterocycles. The van der Waals surface area contributed by atoms with E-state index in [1.54, 1.807) is 13.8 Å². The minimum Gasteiger partial charge on any atom is -0.479 e. The van der Waals surface area contributed by atoms with Crippen LogP contribution in [-0.4, -0.2) is 45.3 Å². The summed E-state index contributed by atoms with van der Waals surface area (Å²) < 4.78 is 14.8. The third kappa shape index (κ3) is 4.49. The summed E-state index contributed by atoms with van der Waals surface area (Å²) in [6.45, 7) is 7.82. The molecule has 0 unspecified atom stereocenters. The van der Waals surface area contributed by atoms with E-state index < -0.39 is 0 Å². The molecule has 0 N–H and O–H groups in total. The standard InChI is InChI=1S/C12H16N6O5/c1-5-19-7(3)15-21-11-12(22-16-8(4)20-6-2)14-10-9(13-11)17-23-18-10/h5-6H2,1-4H3. The summed E-state index contributed by atoms with van der Waals surface area (Å²) in [5.74, 6) is 0.487. The van der Waals surface area contributed by atoms with Crippen LogP contribution in [0.25, 0.3) is 11.3 Å².